The van der Waals surface area contributed by atoms with Gasteiger partial charge in [0.25, 0.3) is 0 Å². The van der Waals surface area contributed by atoms with E-state index in [9.17, 15) is 10.7 Å². The van der Waals surface area contributed by atoms with Gasteiger partial charge in [0.2, 0.25) is 0 Å². The van der Waals surface area contributed by atoms with Gasteiger partial charge >= 0.3 is 25.9 Å². The van der Waals surface area contributed by atoms with Crippen molar-refractivity contribution in [3.8, 4) is 0 Å². The molecular formula is H8F3FeO4. The summed E-state index contributed by atoms with van der Waals surface area (Å²) in [7, 11) is 0. The molecule has 0 aromatic heterocycles. The van der Waals surface area contributed by atoms with Crippen molar-refractivity contribution in [2.75, 3.05) is 0 Å². The summed E-state index contributed by atoms with van der Waals surface area (Å²) in [6.45, 7) is 0. The standard InChI is InChI=1S/3FH.Fe.4H2O/h3*1H;;4*1H2/q;;;+3;;;;/p-3. The average Bonchev–Trinajstić information content (AvgIpc) is 0.811. The fraction of sp³-hybridized carbons (Fsp3) is 0. The first kappa shape index (κ1) is 42.0. The molecule has 8 heavy (non-hydrogen) atoms. The van der Waals surface area contributed by atoms with Gasteiger partial charge in [0.05, 0.1) is 0 Å². The van der Waals surface area contributed by atoms with E-state index in [4.69, 9.17) is 0 Å². The van der Waals surface area contributed by atoms with Crippen LogP contribution in [0.2, 0.25) is 0 Å². The van der Waals surface area contributed by atoms with Gasteiger partial charge in [-0.1, -0.05) is 0 Å². The van der Waals surface area contributed by atoms with E-state index in [-0.39, 0.29) is 21.9 Å². The van der Waals surface area contributed by atoms with Crippen molar-refractivity contribution in [1.82, 2.24) is 0 Å². The summed E-state index contributed by atoms with van der Waals surface area (Å²) in [6, 6.07) is 0. The third-order valence-corrected chi connectivity index (χ3v) is 0. The molecule has 0 radical (unpaired) electrons. The van der Waals surface area contributed by atoms with Crippen LogP contribution in [-0.2, 0) is 15.3 Å². The number of rotatable bonds is 0. The van der Waals surface area contributed by atoms with Crippen LogP contribution >= 0.6 is 0 Å². The Bertz CT molecular complexity index is 16.0. The van der Waals surface area contributed by atoms with Gasteiger partial charge in [-0.3, -0.25) is 0 Å². The van der Waals surface area contributed by atoms with Gasteiger partial charge in [-0.2, -0.15) is 0 Å². The van der Waals surface area contributed by atoms with Gasteiger partial charge in [0.1, 0.15) is 0 Å². The summed E-state index contributed by atoms with van der Waals surface area (Å²) in [6.07, 6.45) is 0. The summed E-state index contributed by atoms with van der Waals surface area (Å²) in [4.78, 5) is 0. The fourth-order valence-corrected chi connectivity index (χ4v) is 0. The van der Waals surface area contributed by atoms with E-state index in [1.807, 2.05) is 0 Å². The van der Waals surface area contributed by atoms with Crippen molar-refractivity contribution in [3.05, 3.63) is 0 Å². The normalized spacial score (nSPS) is 5.62. The van der Waals surface area contributed by atoms with Crippen LogP contribution in [0.15, 0.2) is 0 Å². The zero-order valence-electron chi connectivity index (χ0n) is 3.49. The number of hydrogen-bond donors (Lipinski definition) is 0. The van der Waals surface area contributed by atoms with Gasteiger partial charge in [-0.15, -0.1) is 0 Å². The van der Waals surface area contributed by atoms with Crippen molar-refractivity contribution in [2.45, 2.75) is 0 Å². The molecule has 0 atom stereocenters. The van der Waals surface area contributed by atoms with Gasteiger partial charge in [-0.05, 0) is 0 Å². The summed E-state index contributed by atoms with van der Waals surface area (Å²) in [5, 5.41) is 0. The Kier molecular flexibility index (Phi) is 143. The molecule has 0 amide bonds. The predicted octanol–water partition coefficient (Wildman–Crippen LogP) is -2.04. The van der Waals surface area contributed by atoms with Crippen LogP contribution in [0.3, 0.4) is 0 Å². The molecule has 8 heteroatoms. The van der Waals surface area contributed by atoms with Crippen LogP contribution in [0, 0.1) is 0 Å². The van der Waals surface area contributed by atoms with Crippen molar-refractivity contribution < 1.29 is 47.8 Å². The van der Waals surface area contributed by atoms with Crippen molar-refractivity contribution >= 4 is 0 Å². The van der Waals surface area contributed by atoms with E-state index in [1.165, 1.54) is 0 Å². The molecule has 0 aromatic carbocycles. The monoisotopic (exact) mass is 185 g/mol. The van der Waals surface area contributed by atoms with Gasteiger partial charge in [0, 0.05) is 0 Å². The summed E-state index contributed by atoms with van der Waals surface area (Å²) in [5.74, 6) is 0. The first-order valence-electron chi connectivity index (χ1n) is 0.401. The summed E-state index contributed by atoms with van der Waals surface area (Å²) < 4.78 is 29.2. The van der Waals surface area contributed by atoms with E-state index >= 15 is 0 Å². The Morgan fingerprint density at radius 3 is 0.625 bits per heavy atom. The third kappa shape index (κ3) is 7300. The second kappa shape index (κ2) is 27.3. The zero-order chi connectivity index (χ0) is 3.58. The number of halogens is 3. The second-order valence-corrected chi connectivity index (χ2v) is 0.625. The zero-order valence-corrected chi connectivity index (χ0v) is 4.59. The minimum absolute atomic E-state index is 0. The molecule has 0 saturated carbocycles. The quantitative estimate of drug-likeness (QED) is 0.385. The molecule has 0 spiro atoms. The Morgan fingerprint density at radius 1 is 0.625 bits per heavy atom. The molecule has 0 fully saturated rings. The van der Waals surface area contributed by atoms with E-state index in [2.05, 4.69) is 0 Å². The molecule has 0 heterocycles. The Hall–Kier alpha value is 0.149. The second-order valence-electron chi connectivity index (χ2n) is 0.152. The Balaban J connectivity index is -0.00000000750. The molecule has 0 rings (SSSR count). The van der Waals surface area contributed by atoms with Crippen molar-refractivity contribution in [2.24, 2.45) is 0 Å². The van der Waals surface area contributed by atoms with E-state index in [0.717, 1.165) is 0 Å². The summed E-state index contributed by atoms with van der Waals surface area (Å²) >= 11 is -4.25. The molecule has 0 saturated heterocycles. The Morgan fingerprint density at radius 2 is 0.625 bits per heavy atom. The SMILES string of the molecule is O.O.O.O.[F][Fe]([F])[F]. The van der Waals surface area contributed by atoms with E-state index < -0.39 is 15.3 Å². The molecule has 61 valence electrons. The molecule has 8 N–H and O–H groups in total. The van der Waals surface area contributed by atoms with Crippen LogP contribution in [0.1, 0.15) is 0 Å². The third-order valence-electron chi connectivity index (χ3n) is 0. The van der Waals surface area contributed by atoms with Crippen molar-refractivity contribution in [3.63, 3.8) is 0 Å². The molecular weight excluding hydrogens is 177 g/mol. The molecule has 0 aliphatic heterocycles. The maximum atomic E-state index is 9.75. The number of hydrogen-bond acceptors (Lipinski definition) is 0. The molecule has 0 aliphatic carbocycles. The fourth-order valence-electron chi connectivity index (χ4n) is 0. The maximum absolute atomic E-state index is 9.75. The molecule has 0 aliphatic rings. The molecule has 4 nitrogen and oxygen atoms in total. The van der Waals surface area contributed by atoms with Crippen LogP contribution in [0.5, 0.6) is 0 Å². The van der Waals surface area contributed by atoms with E-state index in [0.29, 0.717) is 0 Å². The Labute approximate surface area is 48.8 Å². The van der Waals surface area contributed by atoms with Gasteiger partial charge in [-0.25, -0.2) is 0 Å². The van der Waals surface area contributed by atoms with Gasteiger partial charge < -0.3 is 21.9 Å². The average molecular weight is 185 g/mol. The van der Waals surface area contributed by atoms with Crippen LogP contribution in [-0.4, -0.2) is 21.9 Å². The first-order valence-corrected chi connectivity index (χ1v) is 1.65. The summed E-state index contributed by atoms with van der Waals surface area (Å²) in [5.41, 5.74) is 0. The van der Waals surface area contributed by atoms with Gasteiger partial charge in [0.15, 0.2) is 0 Å². The van der Waals surface area contributed by atoms with Crippen LogP contribution < -0.4 is 0 Å². The molecule has 0 aromatic rings. The van der Waals surface area contributed by atoms with Crippen molar-refractivity contribution in [1.29, 1.82) is 0 Å². The topological polar surface area (TPSA) is 126 Å². The van der Waals surface area contributed by atoms with Crippen LogP contribution in [0.25, 0.3) is 0 Å². The van der Waals surface area contributed by atoms with Crippen LogP contribution in [0.4, 0.5) is 10.7 Å². The van der Waals surface area contributed by atoms with E-state index in [1.54, 1.807) is 0 Å². The molecule has 0 unspecified atom stereocenters. The molecule has 0 bridgehead atoms. The minimum atomic E-state index is -4.25. The predicted molar refractivity (Wildman–Crippen MR) is 17.8 cm³/mol. The first-order chi connectivity index (χ1) is 1.73.